The minimum absolute atomic E-state index is 0.00411. The highest BCUT2D eigenvalue weighted by Gasteiger charge is 2.41. The molecule has 2 saturated carbocycles. The van der Waals surface area contributed by atoms with Gasteiger partial charge in [0.25, 0.3) is 5.91 Å². The quantitative estimate of drug-likeness (QED) is 0.186. The number of carbonyl (C=O) groups is 3. The lowest BCUT2D eigenvalue weighted by Gasteiger charge is -2.43. The number of benzene rings is 2. The summed E-state index contributed by atoms with van der Waals surface area (Å²) in [6.07, 6.45) is 11.3. The molecule has 49 heavy (non-hydrogen) atoms. The molecule has 2 heterocycles. The predicted octanol–water partition coefficient (Wildman–Crippen LogP) is 5.60. The fraction of sp³-hybridized carbons (Fsp3) is 0.395. The maximum atomic E-state index is 12.2. The van der Waals surface area contributed by atoms with Crippen molar-refractivity contribution in [3.63, 3.8) is 0 Å². The topological polar surface area (TPSA) is 141 Å². The van der Waals surface area contributed by atoms with E-state index in [-0.39, 0.29) is 28.7 Å². The lowest BCUT2D eigenvalue weighted by molar-refractivity contribution is -0.131. The molecule has 0 unspecified atom stereocenters. The van der Waals surface area contributed by atoms with Crippen LogP contribution in [0.4, 0.5) is 8.78 Å². The van der Waals surface area contributed by atoms with Gasteiger partial charge in [0.05, 0.1) is 24.2 Å². The molecule has 11 heteroatoms. The molecule has 0 saturated heterocycles. The molecule has 2 aliphatic rings. The van der Waals surface area contributed by atoms with Crippen LogP contribution in [0.15, 0.2) is 73.3 Å². The van der Waals surface area contributed by atoms with Crippen LogP contribution in [0.5, 0.6) is 0 Å². The number of nitrogens with two attached hydrogens (primary N) is 1. The summed E-state index contributed by atoms with van der Waals surface area (Å²) in [6, 6.07) is 16.9. The largest absolute Gasteiger partial charge is 0.344 e. The maximum Gasteiger partial charge on any atom is 0.315 e. The summed E-state index contributed by atoms with van der Waals surface area (Å²) in [6.45, 7) is 3.76. The molecule has 3 N–H and O–H groups in total. The number of hydrogen-bond donors (Lipinski definition) is 2. The van der Waals surface area contributed by atoms with E-state index in [1.807, 2.05) is 17.4 Å². The van der Waals surface area contributed by atoms with Crippen molar-refractivity contribution in [2.75, 3.05) is 13.1 Å². The third kappa shape index (κ3) is 8.28. The van der Waals surface area contributed by atoms with Crippen LogP contribution < -0.4 is 11.1 Å². The summed E-state index contributed by atoms with van der Waals surface area (Å²) in [5.41, 5.74) is 11.5. The van der Waals surface area contributed by atoms with Crippen molar-refractivity contribution in [2.24, 2.45) is 5.73 Å². The molecule has 2 aromatic heterocycles. The molecular weight excluding hydrogens is 626 g/mol. The molecule has 0 atom stereocenters. The third-order valence-corrected chi connectivity index (χ3v) is 9.91. The highest BCUT2D eigenvalue weighted by molar-refractivity contribution is 5.99. The first-order valence-corrected chi connectivity index (χ1v) is 16.6. The second-order valence-corrected chi connectivity index (χ2v) is 13.1. The van der Waals surface area contributed by atoms with Gasteiger partial charge in [0.15, 0.2) is 11.6 Å². The molecule has 0 spiro atoms. The van der Waals surface area contributed by atoms with Gasteiger partial charge in [-0.1, -0.05) is 61.4 Å². The van der Waals surface area contributed by atoms with Gasteiger partial charge in [-0.15, -0.1) is 0 Å². The van der Waals surface area contributed by atoms with Crippen LogP contribution in [0.25, 0.3) is 0 Å². The standard InChI is InChI=1S/C20H21F2N3O2.C18H21N3O/c1-13-5-2-3-6-15(13)20(7-4-8-20)9-17-23-10-14(11-24-17)16(26)12-25-19(27)18(21)22;1-13-5-2-3-6-15(13)18(7-4-8-18)9-17-20-11-14(12-21-17)16(22)10-19/h2-3,5-6,10-11,18H,4,7-9,12H2,1H3,(H,25,27);2-3,5-6,11-12H,4,7-10,19H2,1H3. The normalized spacial score (nSPS) is 15.6. The van der Waals surface area contributed by atoms with Gasteiger partial charge in [-0.05, 0) is 61.8 Å². The van der Waals surface area contributed by atoms with E-state index in [9.17, 15) is 23.2 Å². The summed E-state index contributed by atoms with van der Waals surface area (Å²) in [4.78, 5) is 51.7. The second-order valence-electron chi connectivity index (χ2n) is 13.1. The average Bonchev–Trinajstić information content (AvgIpc) is 3.08. The molecule has 1 amide bonds. The molecule has 6 rings (SSSR count). The first-order valence-electron chi connectivity index (χ1n) is 16.6. The fourth-order valence-corrected chi connectivity index (χ4v) is 6.88. The number of halogens is 2. The first kappa shape index (κ1) is 35.5. The van der Waals surface area contributed by atoms with Gasteiger partial charge >= 0.3 is 6.43 Å². The van der Waals surface area contributed by atoms with Crippen molar-refractivity contribution in [1.29, 1.82) is 0 Å². The third-order valence-electron chi connectivity index (χ3n) is 9.91. The van der Waals surface area contributed by atoms with E-state index in [1.54, 1.807) is 12.4 Å². The number of hydrogen-bond acceptors (Lipinski definition) is 8. The van der Waals surface area contributed by atoms with E-state index in [2.05, 4.69) is 70.2 Å². The van der Waals surface area contributed by atoms with Crippen molar-refractivity contribution in [1.82, 2.24) is 25.3 Å². The second kappa shape index (κ2) is 15.6. The number of rotatable bonds is 12. The smallest absolute Gasteiger partial charge is 0.315 e. The van der Waals surface area contributed by atoms with E-state index >= 15 is 0 Å². The monoisotopic (exact) mass is 668 g/mol. The molecule has 0 radical (unpaired) electrons. The number of carbonyl (C=O) groups excluding carboxylic acids is 3. The lowest BCUT2D eigenvalue weighted by Crippen LogP contribution is -2.38. The molecule has 2 aliphatic carbocycles. The van der Waals surface area contributed by atoms with E-state index < -0.39 is 24.7 Å². The zero-order valence-corrected chi connectivity index (χ0v) is 27.9. The number of alkyl halides is 2. The number of ketones is 2. The molecule has 2 fully saturated rings. The van der Waals surface area contributed by atoms with Crippen LogP contribution >= 0.6 is 0 Å². The van der Waals surface area contributed by atoms with Crippen molar-refractivity contribution < 1.29 is 23.2 Å². The SMILES string of the molecule is Cc1ccccc1C1(Cc2ncc(C(=O)CN)cn2)CCC1.Cc1ccccc1C1(Cc2ncc(C(=O)CNC(=O)C(F)F)cn2)CCC1. The van der Waals surface area contributed by atoms with Crippen molar-refractivity contribution in [2.45, 2.75) is 82.5 Å². The molecule has 0 bridgehead atoms. The highest BCUT2D eigenvalue weighted by Crippen LogP contribution is 2.47. The Morgan fingerprint density at radius 2 is 1.12 bits per heavy atom. The number of Topliss-reactive ketones (excluding diaryl/α,β-unsaturated/α-hetero) is 2. The maximum absolute atomic E-state index is 12.2. The summed E-state index contributed by atoms with van der Waals surface area (Å²) >= 11 is 0. The average molecular weight is 669 g/mol. The predicted molar refractivity (Wildman–Crippen MR) is 182 cm³/mol. The van der Waals surface area contributed by atoms with E-state index in [0.717, 1.165) is 31.5 Å². The summed E-state index contributed by atoms with van der Waals surface area (Å²) in [5, 5.41) is 1.89. The first-order chi connectivity index (χ1) is 23.6. The Kier molecular flexibility index (Phi) is 11.3. The fourth-order valence-electron chi connectivity index (χ4n) is 6.88. The molecule has 0 aliphatic heterocycles. The van der Waals surface area contributed by atoms with E-state index in [0.29, 0.717) is 17.8 Å². The number of amides is 1. The molecule has 2 aromatic carbocycles. The molecule has 9 nitrogen and oxygen atoms in total. The Bertz CT molecular complexity index is 1770. The van der Waals surface area contributed by atoms with Crippen LogP contribution in [-0.4, -0.2) is 56.9 Å². The van der Waals surface area contributed by atoms with Gasteiger partial charge in [0.2, 0.25) is 0 Å². The van der Waals surface area contributed by atoms with Crippen LogP contribution in [0.2, 0.25) is 0 Å². The van der Waals surface area contributed by atoms with Crippen LogP contribution in [0.3, 0.4) is 0 Å². The number of nitrogens with one attached hydrogen (secondary N) is 1. The minimum atomic E-state index is -3.14. The highest BCUT2D eigenvalue weighted by atomic mass is 19.3. The molecule has 4 aromatic rings. The van der Waals surface area contributed by atoms with Crippen LogP contribution in [0.1, 0.15) is 93.1 Å². The zero-order valence-electron chi connectivity index (χ0n) is 27.9. The van der Waals surface area contributed by atoms with Crippen molar-refractivity contribution in [3.8, 4) is 0 Å². The Morgan fingerprint density at radius 1 is 0.714 bits per heavy atom. The number of nitrogens with zero attached hydrogens (tertiary/aromatic N) is 4. The molecule has 256 valence electrons. The Balaban J connectivity index is 0.000000195. The zero-order chi connectivity index (χ0) is 35.0. The summed E-state index contributed by atoms with van der Waals surface area (Å²) in [5.74, 6) is -0.648. The van der Waals surface area contributed by atoms with Crippen molar-refractivity contribution >= 4 is 17.5 Å². The van der Waals surface area contributed by atoms with Crippen LogP contribution in [-0.2, 0) is 28.5 Å². The number of aromatic nitrogens is 4. The number of aryl methyl sites for hydroxylation is 2. The molecular formula is C38H42F2N6O3. The minimum Gasteiger partial charge on any atom is -0.344 e. The van der Waals surface area contributed by atoms with Crippen molar-refractivity contribution in [3.05, 3.63) is 118 Å². The van der Waals surface area contributed by atoms with E-state index in [4.69, 9.17) is 5.73 Å². The van der Waals surface area contributed by atoms with Gasteiger partial charge in [0.1, 0.15) is 11.6 Å². The van der Waals surface area contributed by atoms with Gasteiger partial charge in [-0.3, -0.25) is 14.4 Å². The summed E-state index contributed by atoms with van der Waals surface area (Å²) < 4.78 is 24.3. The van der Waals surface area contributed by atoms with Gasteiger partial charge in [-0.25, -0.2) is 19.9 Å². The van der Waals surface area contributed by atoms with Crippen LogP contribution in [0, 0.1) is 13.8 Å². The van der Waals surface area contributed by atoms with Gasteiger partial charge in [-0.2, -0.15) is 8.78 Å². The van der Waals surface area contributed by atoms with Gasteiger partial charge in [0, 0.05) is 48.5 Å². The Hall–Kier alpha value is -4.77. The summed E-state index contributed by atoms with van der Waals surface area (Å²) in [7, 11) is 0. The Labute approximate surface area is 285 Å². The van der Waals surface area contributed by atoms with E-state index in [1.165, 1.54) is 53.9 Å². The van der Waals surface area contributed by atoms with Gasteiger partial charge < -0.3 is 11.1 Å². The Morgan fingerprint density at radius 3 is 1.47 bits per heavy atom. The lowest BCUT2D eigenvalue weighted by atomic mass is 9.61.